The number of methoxy groups -OCH3 is 1. The third kappa shape index (κ3) is 2.80. The Bertz CT molecular complexity index is 507. The van der Waals surface area contributed by atoms with Gasteiger partial charge < -0.3 is 10.1 Å². The van der Waals surface area contributed by atoms with Crippen LogP contribution in [0.15, 0.2) is 30.7 Å². The third-order valence-corrected chi connectivity index (χ3v) is 2.63. The van der Waals surface area contributed by atoms with Crippen molar-refractivity contribution in [3.8, 4) is 5.88 Å². The van der Waals surface area contributed by atoms with Crippen LogP contribution in [0.5, 0.6) is 5.88 Å². The number of hydrogen-bond acceptors (Lipinski definition) is 4. The molecule has 0 saturated carbocycles. The van der Waals surface area contributed by atoms with Crippen molar-refractivity contribution in [2.24, 2.45) is 0 Å². The minimum absolute atomic E-state index is 0.381. The van der Waals surface area contributed by atoms with Crippen LogP contribution in [0.25, 0.3) is 0 Å². The maximum absolute atomic E-state index is 5.18. The van der Waals surface area contributed by atoms with Crippen molar-refractivity contribution in [3.05, 3.63) is 36.3 Å². The summed E-state index contributed by atoms with van der Waals surface area (Å²) in [6.07, 6.45) is 5.62. The van der Waals surface area contributed by atoms with Gasteiger partial charge in [-0.15, -0.1) is 0 Å². The Kier molecular flexibility index (Phi) is 3.82. The fourth-order valence-electron chi connectivity index (χ4n) is 1.64. The molecule has 5 heteroatoms. The number of nitrogens with one attached hydrogen (secondary N) is 1. The summed E-state index contributed by atoms with van der Waals surface area (Å²) in [4.78, 5) is 4.14. The summed E-state index contributed by atoms with van der Waals surface area (Å²) in [6.45, 7) is 4.91. The monoisotopic (exact) mass is 246 g/mol. The fraction of sp³-hybridized carbons (Fsp3) is 0.385. The highest BCUT2D eigenvalue weighted by Gasteiger charge is 2.04. The van der Waals surface area contributed by atoms with E-state index in [1.54, 1.807) is 13.3 Å². The van der Waals surface area contributed by atoms with Gasteiger partial charge in [0.25, 0.3) is 0 Å². The number of hydrogen-bond donors (Lipinski definition) is 1. The Hall–Kier alpha value is -2.04. The van der Waals surface area contributed by atoms with Crippen LogP contribution in [-0.4, -0.2) is 21.9 Å². The minimum atomic E-state index is 0.381. The normalized spacial score (nSPS) is 10.7. The molecule has 2 heterocycles. The summed E-state index contributed by atoms with van der Waals surface area (Å²) in [5, 5.41) is 7.59. The maximum Gasteiger partial charge on any atom is 0.237 e. The van der Waals surface area contributed by atoms with E-state index in [9.17, 15) is 0 Å². The molecule has 0 aliphatic heterocycles. The molecule has 96 valence electrons. The molecular weight excluding hydrogens is 228 g/mol. The SMILES string of the molecule is COc1ncccc1NCc1cnn(C(C)C)c1. The lowest BCUT2D eigenvalue weighted by atomic mass is 10.3. The maximum atomic E-state index is 5.18. The first-order chi connectivity index (χ1) is 8.70. The largest absolute Gasteiger partial charge is 0.480 e. The second-order valence-corrected chi connectivity index (χ2v) is 4.34. The van der Waals surface area contributed by atoms with E-state index in [1.165, 1.54) is 0 Å². The van der Waals surface area contributed by atoms with Crippen LogP contribution in [0.2, 0.25) is 0 Å². The van der Waals surface area contributed by atoms with Gasteiger partial charge >= 0.3 is 0 Å². The third-order valence-electron chi connectivity index (χ3n) is 2.63. The van der Waals surface area contributed by atoms with Crippen LogP contribution in [0.3, 0.4) is 0 Å². The summed E-state index contributed by atoms with van der Waals surface area (Å²) in [6, 6.07) is 4.20. The van der Waals surface area contributed by atoms with Crippen molar-refractivity contribution in [2.75, 3.05) is 12.4 Å². The molecule has 18 heavy (non-hydrogen) atoms. The molecule has 0 aromatic carbocycles. The molecule has 0 fully saturated rings. The van der Waals surface area contributed by atoms with Gasteiger partial charge in [0.2, 0.25) is 5.88 Å². The van der Waals surface area contributed by atoms with E-state index in [4.69, 9.17) is 4.74 Å². The van der Waals surface area contributed by atoms with Gasteiger partial charge in [-0.25, -0.2) is 4.98 Å². The smallest absolute Gasteiger partial charge is 0.237 e. The van der Waals surface area contributed by atoms with Gasteiger partial charge in [-0.1, -0.05) is 0 Å². The van der Waals surface area contributed by atoms with Crippen molar-refractivity contribution >= 4 is 5.69 Å². The predicted molar refractivity (Wildman–Crippen MR) is 70.7 cm³/mol. The van der Waals surface area contributed by atoms with Gasteiger partial charge in [0.15, 0.2) is 0 Å². The molecule has 0 spiro atoms. The zero-order valence-electron chi connectivity index (χ0n) is 10.9. The highest BCUT2D eigenvalue weighted by atomic mass is 16.5. The highest BCUT2D eigenvalue weighted by Crippen LogP contribution is 2.20. The average molecular weight is 246 g/mol. The van der Waals surface area contributed by atoms with E-state index >= 15 is 0 Å². The van der Waals surface area contributed by atoms with Crippen LogP contribution in [-0.2, 0) is 6.54 Å². The number of ether oxygens (including phenoxy) is 1. The van der Waals surface area contributed by atoms with Gasteiger partial charge in [-0.2, -0.15) is 5.10 Å². The van der Waals surface area contributed by atoms with Crippen molar-refractivity contribution in [2.45, 2.75) is 26.4 Å². The Labute approximate surface area is 107 Å². The first-order valence-electron chi connectivity index (χ1n) is 5.96. The number of pyridine rings is 1. The first-order valence-corrected chi connectivity index (χ1v) is 5.96. The van der Waals surface area contributed by atoms with Gasteiger partial charge in [0, 0.05) is 30.5 Å². The molecule has 0 aliphatic rings. The van der Waals surface area contributed by atoms with E-state index in [1.807, 2.05) is 29.2 Å². The molecule has 0 amide bonds. The molecule has 0 saturated heterocycles. The second kappa shape index (κ2) is 5.53. The molecule has 0 bridgehead atoms. The number of nitrogens with zero attached hydrogens (tertiary/aromatic N) is 3. The van der Waals surface area contributed by atoms with Gasteiger partial charge in [-0.3, -0.25) is 4.68 Å². The second-order valence-electron chi connectivity index (χ2n) is 4.34. The highest BCUT2D eigenvalue weighted by molar-refractivity contribution is 5.52. The molecule has 5 nitrogen and oxygen atoms in total. The first kappa shape index (κ1) is 12.4. The average Bonchev–Trinajstić information content (AvgIpc) is 2.85. The molecular formula is C13H18N4O. The van der Waals surface area contributed by atoms with E-state index in [0.717, 1.165) is 11.3 Å². The van der Waals surface area contributed by atoms with Crippen LogP contribution >= 0.6 is 0 Å². The summed E-state index contributed by atoms with van der Waals surface area (Å²) in [7, 11) is 1.62. The standard InChI is InChI=1S/C13H18N4O/c1-10(2)17-9-11(8-16-17)7-15-12-5-4-6-14-13(12)18-3/h4-6,8-10,15H,7H2,1-3H3. The van der Waals surface area contributed by atoms with E-state index in [-0.39, 0.29) is 0 Å². The van der Waals surface area contributed by atoms with E-state index in [0.29, 0.717) is 18.5 Å². The zero-order chi connectivity index (χ0) is 13.0. The molecule has 0 atom stereocenters. The Morgan fingerprint density at radius 2 is 2.28 bits per heavy atom. The van der Waals surface area contributed by atoms with Crippen LogP contribution in [0.4, 0.5) is 5.69 Å². The van der Waals surface area contributed by atoms with Gasteiger partial charge in [0.05, 0.1) is 19.0 Å². The zero-order valence-corrected chi connectivity index (χ0v) is 10.9. The molecule has 2 aromatic rings. The van der Waals surface area contributed by atoms with E-state index in [2.05, 4.69) is 29.2 Å². The van der Waals surface area contributed by atoms with Crippen LogP contribution in [0, 0.1) is 0 Å². The Morgan fingerprint density at radius 3 is 2.94 bits per heavy atom. The molecule has 1 N–H and O–H groups in total. The molecule has 0 aliphatic carbocycles. The van der Waals surface area contributed by atoms with Crippen molar-refractivity contribution in [3.63, 3.8) is 0 Å². The molecule has 0 radical (unpaired) electrons. The lowest BCUT2D eigenvalue weighted by Crippen LogP contribution is -2.02. The Morgan fingerprint density at radius 1 is 1.44 bits per heavy atom. The van der Waals surface area contributed by atoms with E-state index < -0.39 is 0 Å². The lowest BCUT2D eigenvalue weighted by molar-refractivity contribution is 0.399. The van der Waals surface area contributed by atoms with Crippen molar-refractivity contribution in [1.82, 2.24) is 14.8 Å². The van der Waals surface area contributed by atoms with Crippen molar-refractivity contribution in [1.29, 1.82) is 0 Å². The van der Waals surface area contributed by atoms with Crippen LogP contribution < -0.4 is 10.1 Å². The van der Waals surface area contributed by atoms with Crippen LogP contribution in [0.1, 0.15) is 25.5 Å². The molecule has 2 aromatic heterocycles. The number of aromatic nitrogens is 3. The summed E-state index contributed by atoms with van der Waals surface area (Å²) < 4.78 is 7.12. The summed E-state index contributed by atoms with van der Waals surface area (Å²) >= 11 is 0. The summed E-state index contributed by atoms with van der Waals surface area (Å²) in [5.74, 6) is 0.605. The van der Waals surface area contributed by atoms with Gasteiger partial charge in [-0.05, 0) is 26.0 Å². The lowest BCUT2D eigenvalue weighted by Gasteiger charge is -2.08. The molecule has 0 unspecified atom stereocenters. The van der Waals surface area contributed by atoms with Gasteiger partial charge in [0.1, 0.15) is 0 Å². The fourth-order valence-corrected chi connectivity index (χ4v) is 1.64. The molecule has 2 rings (SSSR count). The topological polar surface area (TPSA) is 52.0 Å². The van der Waals surface area contributed by atoms with Crippen molar-refractivity contribution < 1.29 is 4.74 Å². The minimum Gasteiger partial charge on any atom is -0.480 e. The number of anilines is 1. The Balaban J connectivity index is 2.02. The quantitative estimate of drug-likeness (QED) is 0.880. The number of rotatable bonds is 5. The summed E-state index contributed by atoms with van der Waals surface area (Å²) in [5.41, 5.74) is 2.02. The predicted octanol–water partition coefficient (Wildman–Crippen LogP) is 2.48.